The molecule has 1 aromatic heterocycles. The number of hydrogen-bond donors (Lipinski definition) is 2. The molecule has 0 bridgehead atoms. The zero-order chi connectivity index (χ0) is 20.1. The van der Waals surface area contributed by atoms with Gasteiger partial charge in [0, 0.05) is 25.8 Å². The Balaban J connectivity index is 1.51. The van der Waals surface area contributed by atoms with Crippen LogP contribution in [0, 0.1) is 5.92 Å². The van der Waals surface area contributed by atoms with E-state index in [1.807, 2.05) is 51.1 Å². The fourth-order valence-corrected chi connectivity index (χ4v) is 3.24. The van der Waals surface area contributed by atoms with Crippen LogP contribution in [0.15, 0.2) is 36.5 Å². The molecule has 1 unspecified atom stereocenters. The van der Waals surface area contributed by atoms with E-state index in [9.17, 15) is 9.59 Å². The molecule has 2 aromatic rings. The fraction of sp³-hybridized carbons (Fsp3) is 0.476. The summed E-state index contributed by atoms with van der Waals surface area (Å²) in [6.45, 7) is 7.03. The Bertz CT molecular complexity index is 794. The molecule has 0 aliphatic carbocycles. The van der Waals surface area contributed by atoms with Gasteiger partial charge in [0.1, 0.15) is 5.60 Å². The first-order valence-electron chi connectivity index (χ1n) is 9.66. The van der Waals surface area contributed by atoms with Crippen molar-refractivity contribution in [3.63, 3.8) is 0 Å². The Morgan fingerprint density at radius 1 is 1.25 bits per heavy atom. The highest BCUT2D eigenvalue weighted by Crippen LogP contribution is 2.20. The number of hydrogen-bond acceptors (Lipinski definition) is 4. The standard InChI is InChI=1S/C21H28N4O3/c1-21(2,3)28-20(27)25-12-4-5-17(14-25)19(26)22-13-15-6-8-16(9-7-15)18-10-11-23-24-18/h6-11,17H,4-5,12-14H2,1-3H3,(H,22,26)(H,23,24). The molecule has 0 radical (unpaired) electrons. The van der Waals surface area contributed by atoms with Crippen molar-refractivity contribution in [3.05, 3.63) is 42.1 Å². The summed E-state index contributed by atoms with van der Waals surface area (Å²) >= 11 is 0. The second kappa shape index (κ2) is 8.46. The number of ether oxygens (including phenoxy) is 1. The smallest absolute Gasteiger partial charge is 0.410 e. The van der Waals surface area contributed by atoms with E-state index < -0.39 is 5.60 Å². The van der Waals surface area contributed by atoms with E-state index in [0.717, 1.165) is 29.7 Å². The van der Waals surface area contributed by atoms with E-state index >= 15 is 0 Å². The molecule has 2 amide bonds. The molecular formula is C21H28N4O3. The molecule has 1 aromatic carbocycles. The first kappa shape index (κ1) is 19.9. The summed E-state index contributed by atoms with van der Waals surface area (Å²) in [5.41, 5.74) is 2.50. The lowest BCUT2D eigenvalue weighted by molar-refractivity contribution is -0.126. The monoisotopic (exact) mass is 384 g/mol. The Kier molecular flexibility index (Phi) is 6.02. The van der Waals surface area contributed by atoms with Crippen LogP contribution in [-0.2, 0) is 16.1 Å². The molecule has 2 heterocycles. The van der Waals surface area contributed by atoms with Gasteiger partial charge in [-0.1, -0.05) is 24.3 Å². The number of benzene rings is 1. The first-order valence-corrected chi connectivity index (χ1v) is 9.66. The van der Waals surface area contributed by atoms with Crippen molar-refractivity contribution in [1.82, 2.24) is 20.4 Å². The van der Waals surface area contributed by atoms with Gasteiger partial charge in [-0.15, -0.1) is 0 Å². The predicted molar refractivity (Wildman–Crippen MR) is 106 cm³/mol. The van der Waals surface area contributed by atoms with E-state index in [2.05, 4.69) is 15.5 Å². The van der Waals surface area contributed by atoms with Crippen molar-refractivity contribution in [3.8, 4) is 11.3 Å². The van der Waals surface area contributed by atoms with Gasteiger partial charge in [0.05, 0.1) is 11.6 Å². The van der Waals surface area contributed by atoms with Crippen LogP contribution in [0.25, 0.3) is 11.3 Å². The minimum atomic E-state index is -0.533. The quantitative estimate of drug-likeness (QED) is 0.846. The van der Waals surface area contributed by atoms with Crippen molar-refractivity contribution in [1.29, 1.82) is 0 Å². The van der Waals surface area contributed by atoms with E-state index in [1.54, 1.807) is 11.1 Å². The number of amides is 2. The third-order valence-electron chi connectivity index (χ3n) is 4.68. The van der Waals surface area contributed by atoms with Crippen LogP contribution < -0.4 is 5.32 Å². The van der Waals surface area contributed by atoms with E-state index in [4.69, 9.17) is 4.74 Å². The van der Waals surface area contributed by atoms with Crippen molar-refractivity contribution >= 4 is 12.0 Å². The van der Waals surface area contributed by atoms with Crippen molar-refractivity contribution in [2.75, 3.05) is 13.1 Å². The summed E-state index contributed by atoms with van der Waals surface area (Å²) in [5, 5.41) is 9.88. The maximum atomic E-state index is 12.6. The summed E-state index contributed by atoms with van der Waals surface area (Å²) in [4.78, 5) is 26.5. The molecule has 28 heavy (non-hydrogen) atoms. The molecule has 1 fully saturated rings. The number of likely N-dealkylation sites (tertiary alicyclic amines) is 1. The molecular weight excluding hydrogens is 356 g/mol. The number of nitrogens with zero attached hydrogens (tertiary/aromatic N) is 2. The summed E-state index contributed by atoms with van der Waals surface area (Å²) in [7, 11) is 0. The molecule has 0 saturated carbocycles. The molecule has 1 aliphatic rings. The van der Waals surface area contributed by atoms with Gasteiger partial charge in [-0.05, 0) is 50.8 Å². The number of rotatable bonds is 4. The third-order valence-corrected chi connectivity index (χ3v) is 4.68. The van der Waals surface area contributed by atoms with Gasteiger partial charge in [0.2, 0.25) is 5.91 Å². The summed E-state index contributed by atoms with van der Waals surface area (Å²) < 4.78 is 5.42. The van der Waals surface area contributed by atoms with E-state index in [1.165, 1.54) is 0 Å². The second-order valence-electron chi connectivity index (χ2n) is 8.15. The zero-order valence-electron chi connectivity index (χ0n) is 16.7. The lowest BCUT2D eigenvalue weighted by atomic mass is 9.97. The number of nitrogens with one attached hydrogen (secondary N) is 2. The minimum absolute atomic E-state index is 0.0223. The number of H-pyrrole nitrogens is 1. The van der Waals surface area contributed by atoms with Gasteiger partial charge in [0.15, 0.2) is 0 Å². The highest BCUT2D eigenvalue weighted by molar-refractivity contribution is 5.80. The lowest BCUT2D eigenvalue weighted by Gasteiger charge is -2.33. The molecule has 2 N–H and O–H groups in total. The van der Waals surface area contributed by atoms with Crippen LogP contribution in [0.2, 0.25) is 0 Å². The van der Waals surface area contributed by atoms with E-state index in [-0.39, 0.29) is 17.9 Å². The van der Waals surface area contributed by atoms with Crippen LogP contribution in [0.1, 0.15) is 39.2 Å². The molecule has 7 heteroatoms. The molecule has 1 atom stereocenters. The van der Waals surface area contributed by atoms with Crippen LogP contribution in [-0.4, -0.2) is 45.8 Å². The van der Waals surface area contributed by atoms with Crippen LogP contribution in [0.5, 0.6) is 0 Å². The molecule has 1 aliphatic heterocycles. The zero-order valence-corrected chi connectivity index (χ0v) is 16.7. The Labute approximate surface area is 165 Å². The van der Waals surface area contributed by atoms with Gasteiger partial charge >= 0.3 is 6.09 Å². The summed E-state index contributed by atoms with van der Waals surface area (Å²) in [6, 6.07) is 9.89. The molecule has 7 nitrogen and oxygen atoms in total. The lowest BCUT2D eigenvalue weighted by Crippen LogP contribution is -2.46. The average molecular weight is 384 g/mol. The summed E-state index contributed by atoms with van der Waals surface area (Å²) in [6.07, 6.45) is 2.95. The van der Waals surface area contributed by atoms with Crippen molar-refractivity contribution < 1.29 is 14.3 Å². The van der Waals surface area contributed by atoms with Crippen LogP contribution in [0.3, 0.4) is 0 Å². The summed E-state index contributed by atoms with van der Waals surface area (Å²) in [5.74, 6) is -0.226. The Hall–Kier alpha value is -2.83. The first-order chi connectivity index (χ1) is 13.3. The number of aromatic nitrogens is 2. The largest absolute Gasteiger partial charge is 0.444 e. The number of piperidine rings is 1. The molecule has 0 spiro atoms. The Morgan fingerprint density at radius 2 is 2.00 bits per heavy atom. The molecule has 150 valence electrons. The van der Waals surface area contributed by atoms with Gasteiger partial charge in [-0.2, -0.15) is 5.10 Å². The number of carbonyl (C=O) groups is 2. The number of carbonyl (C=O) groups excluding carboxylic acids is 2. The van der Waals surface area contributed by atoms with Crippen molar-refractivity contribution in [2.24, 2.45) is 5.92 Å². The number of aromatic amines is 1. The fourth-order valence-electron chi connectivity index (χ4n) is 3.24. The van der Waals surface area contributed by atoms with Crippen LogP contribution >= 0.6 is 0 Å². The topological polar surface area (TPSA) is 87.3 Å². The van der Waals surface area contributed by atoms with Gasteiger partial charge in [0.25, 0.3) is 0 Å². The third kappa shape index (κ3) is 5.34. The molecule has 3 rings (SSSR count). The highest BCUT2D eigenvalue weighted by atomic mass is 16.6. The average Bonchev–Trinajstić information content (AvgIpc) is 3.20. The normalized spacial score (nSPS) is 17.2. The maximum Gasteiger partial charge on any atom is 0.410 e. The minimum Gasteiger partial charge on any atom is -0.444 e. The van der Waals surface area contributed by atoms with Gasteiger partial charge < -0.3 is 15.0 Å². The SMILES string of the molecule is CC(C)(C)OC(=O)N1CCCC(C(=O)NCc2ccc(-c3ccn[nH]3)cc2)C1. The maximum absolute atomic E-state index is 12.6. The predicted octanol–water partition coefficient (Wildman–Crippen LogP) is 3.34. The second-order valence-corrected chi connectivity index (χ2v) is 8.15. The van der Waals surface area contributed by atoms with E-state index in [0.29, 0.717) is 19.6 Å². The van der Waals surface area contributed by atoms with Crippen molar-refractivity contribution in [2.45, 2.75) is 45.8 Å². The van der Waals surface area contributed by atoms with Gasteiger partial charge in [-0.25, -0.2) is 4.79 Å². The molecule has 1 saturated heterocycles. The Morgan fingerprint density at radius 3 is 2.64 bits per heavy atom. The van der Waals surface area contributed by atoms with Crippen LogP contribution in [0.4, 0.5) is 4.79 Å². The van der Waals surface area contributed by atoms with Gasteiger partial charge in [-0.3, -0.25) is 9.89 Å². The highest BCUT2D eigenvalue weighted by Gasteiger charge is 2.30.